The van der Waals surface area contributed by atoms with Gasteiger partial charge in [-0.1, -0.05) is 30.3 Å². The average molecular weight is 382 g/mol. The van der Waals surface area contributed by atoms with Crippen molar-refractivity contribution in [2.45, 2.75) is 13.5 Å². The number of rotatable bonds is 5. The summed E-state index contributed by atoms with van der Waals surface area (Å²) in [6.45, 7) is 2.04. The second-order valence-corrected chi connectivity index (χ2v) is 6.22. The lowest BCUT2D eigenvalue weighted by Crippen LogP contribution is -2.46. The average Bonchev–Trinajstić information content (AvgIpc) is 2.72. The Morgan fingerprint density at radius 2 is 1.71 bits per heavy atom. The zero-order chi connectivity index (χ0) is 20.3. The van der Waals surface area contributed by atoms with E-state index in [1.165, 1.54) is 29.2 Å². The zero-order valence-corrected chi connectivity index (χ0v) is 15.5. The molecule has 144 valence electrons. The molecule has 0 spiro atoms. The molecule has 0 saturated heterocycles. The van der Waals surface area contributed by atoms with Crippen LogP contribution in [0.1, 0.15) is 23.0 Å². The molecule has 0 fully saturated rings. The summed E-state index contributed by atoms with van der Waals surface area (Å²) in [6.07, 6.45) is 0. The summed E-state index contributed by atoms with van der Waals surface area (Å²) in [7, 11) is 1.55. The number of hydrogen-bond donors (Lipinski definition) is 0. The molecule has 0 unspecified atom stereocenters. The number of halogens is 1. The predicted molar refractivity (Wildman–Crippen MR) is 102 cm³/mol. The summed E-state index contributed by atoms with van der Waals surface area (Å²) in [5, 5.41) is 4.05. The number of aromatic nitrogens is 3. The number of hydrogen-bond acceptors (Lipinski definition) is 4. The molecule has 2 aromatic carbocycles. The van der Waals surface area contributed by atoms with E-state index in [1.54, 1.807) is 44.3 Å². The lowest BCUT2D eigenvalue weighted by Gasteiger charge is -2.16. The summed E-state index contributed by atoms with van der Waals surface area (Å²) in [5.74, 6) is -1.00. The van der Waals surface area contributed by atoms with E-state index in [1.807, 2.05) is 0 Å². The normalized spacial score (nSPS) is 10.7. The molecular weight excluding hydrogens is 363 g/mol. The van der Waals surface area contributed by atoms with Gasteiger partial charge in [0.05, 0.1) is 12.2 Å². The molecule has 8 heteroatoms. The predicted octanol–water partition coefficient (Wildman–Crippen LogP) is 1.67. The number of benzene rings is 2. The van der Waals surface area contributed by atoms with Crippen LogP contribution in [0, 0.1) is 5.82 Å². The Labute approximate surface area is 160 Å². The maximum absolute atomic E-state index is 13.2. The van der Waals surface area contributed by atoms with Gasteiger partial charge in [0.15, 0.2) is 0 Å². The third kappa shape index (κ3) is 3.75. The topological polar surface area (TPSA) is 77.2 Å². The minimum Gasteiger partial charge on any atom is -0.340 e. The molecule has 0 aliphatic heterocycles. The second-order valence-electron chi connectivity index (χ2n) is 6.22. The van der Waals surface area contributed by atoms with Crippen molar-refractivity contribution in [1.82, 2.24) is 19.2 Å². The lowest BCUT2D eigenvalue weighted by atomic mass is 10.2. The Bertz CT molecular complexity index is 1110. The Balaban J connectivity index is 2.22. The van der Waals surface area contributed by atoms with E-state index in [2.05, 4.69) is 5.10 Å². The highest BCUT2D eigenvalue weighted by Gasteiger charge is 2.22. The molecule has 1 aromatic heterocycles. The summed E-state index contributed by atoms with van der Waals surface area (Å²) in [4.78, 5) is 39.8. The molecule has 3 rings (SSSR count). The van der Waals surface area contributed by atoms with Crippen LogP contribution in [0.2, 0.25) is 0 Å². The number of para-hydroxylation sites is 1. The van der Waals surface area contributed by atoms with E-state index < -0.39 is 23.0 Å². The molecular formula is C20H19FN4O3. The van der Waals surface area contributed by atoms with Gasteiger partial charge >= 0.3 is 5.69 Å². The van der Waals surface area contributed by atoms with Crippen molar-refractivity contribution in [2.75, 3.05) is 13.6 Å². The highest BCUT2D eigenvalue weighted by atomic mass is 19.1. The molecule has 1 heterocycles. The van der Waals surface area contributed by atoms with Crippen LogP contribution in [0.15, 0.2) is 64.2 Å². The van der Waals surface area contributed by atoms with E-state index >= 15 is 0 Å². The van der Waals surface area contributed by atoms with E-state index in [9.17, 15) is 18.8 Å². The summed E-state index contributed by atoms with van der Waals surface area (Å²) in [6, 6.07) is 14.0. The Kier molecular flexibility index (Phi) is 5.49. The van der Waals surface area contributed by atoms with Gasteiger partial charge in [-0.25, -0.2) is 9.18 Å². The molecule has 28 heavy (non-hydrogen) atoms. The lowest BCUT2D eigenvalue weighted by molar-refractivity contribution is 0.0791. The van der Waals surface area contributed by atoms with Gasteiger partial charge in [0.1, 0.15) is 5.82 Å². The molecule has 1 amide bonds. The standard InChI is InChI=1S/C20H19FN4O3/c1-3-23(2)18(26)17-19(27)24(13-14-9-11-15(21)12-10-14)20(28)25(22-17)16-7-5-4-6-8-16/h4-12H,3,13H2,1-2H3. The number of carbonyl (C=O) groups is 1. The van der Waals surface area contributed by atoms with Crippen LogP contribution in [0.5, 0.6) is 0 Å². The maximum atomic E-state index is 13.2. The summed E-state index contributed by atoms with van der Waals surface area (Å²) >= 11 is 0. The van der Waals surface area contributed by atoms with Crippen LogP contribution in [-0.4, -0.2) is 38.7 Å². The SMILES string of the molecule is CCN(C)C(=O)c1nn(-c2ccccc2)c(=O)n(Cc2ccc(F)cc2)c1=O. The summed E-state index contributed by atoms with van der Waals surface area (Å²) < 4.78 is 15.1. The first-order valence-electron chi connectivity index (χ1n) is 8.72. The van der Waals surface area contributed by atoms with Gasteiger partial charge in [-0.3, -0.25) is 14.2 Å². The Morgan fingerprint density at radius 3 is 2.32 bits per heavy atom. The molecule has 0 radical (unpaired) electrons. The van der Waals surface area contributed by atoms with Crippen LogP contribution in [-0.2, 0) is 6.54 Å². The van der Waals surface area contributed by atoms with Gasteiger partial charge in [0.25, 0.3) is 11.5 Å². The van der Waals surface area contributed by atoms with Crippen molar-refractivity contribution in [2.24, 2.45) is 0 Å². The quantitative estimate of drug-likeness (QED) is 0.673. The largest absolute Gasteiger partial charge is 0.352 e. The molecule has 0 N–H and O–H groups in total. The minimum absolute atomic E-state index is 0.108. The van der Waals surface area contributed by atoms with E-state index in [0.717, 1.165) is 9.25 Å². The van der Waals surface area contributed by atoms with Crippen molar-refractivity contribution in [3.8, 4) is 5.69 Å². The molecule has 0 aliphatic rings. The highest BCUT2D eigenvalue weighted by molar-refractivity contribution is 5.91. The number of amides is 1. The minimum atomic E-state index is -0.785. The van der Waals surface area contributed by atoms with Crippen molar-refractivity contribution in [1.29, 1.82) is 0 Å². The second kappa shape index (κ2) is 7.99. The first-order chi connectivity index (χ1) is 13.4. The Morgan fingerprint density at radius 1 is 1.07 bits per heavy atom. The van der Waals surface area contributed by atoms with Crippen molar-refractivity contribution in [3.05, 3.63) is 92.5 Å². The molecule has 0 bridgehead atoms. The van der Waals surface area contributed by atoms with Crippen molar-refractivity contribution < 1.29 is 9.18 Å². The van der Waals surface area contributed by atoms with E-state index in [4.69, 9.17) is 0 Å². The molecule has 0 aliphatic carbocycles. The Hall–Kier alpha value is -3.55. The van der Waals surface area contributed by atoms with Crippen LogP contribution < -0.4 is 11.2 Å². The number of carbonyl (C=O) groups excluding carboxylic acids is 1. The van der Waals surface area contributed by atoms with Gasteiger partial charge in [0.2, 0.25) is 5.69 Å². The third-order valence-corrected chi connectivity index (χ3v) is 4.34. The zero-order valence-electron chi connectivity index (χ0n) is 15.5. The molecule has 0 atom stereocenters. The van der Waals surface area contributed by atoms with Gasteiger partial charge in [-0.15, -0.1) is 0 Å². The fourth-order valence-corrected chi connectivity index (χ4v) is 2.62. The van der Waals surface area contributed by atoms with Crippen LogP contribution in [0.4, 0.5) is 4.39 Å². The monoisotopic (exact) mass is 382 g/mol. The van der Waals surface area contributed by atoms with Gasteiger partial charge in [-0.05, 0) is 36.8 Å². The molecule has 7 nitrogen and oxygen atoms in total. The van der Waals surface area contributed by atoms with Crippen molar-refractivity contribution in [3.63, 3.8) is 0 Å². The van der Waals surface area contributed by atoms with Crippen molar-refractivity contribution >= 4 is 5.91 Å². The smallest absolute Gasteiger partial charge is 0.340 e. The maximum Gasteiger partial charge on any atom is 0.352 e. The van der Waals surface area contributed by atoms with Gasteiger partial charge in [0, 0.05) is 13.6 Å². The number of nitrogens with zero attached hydrogens (tertiary/aromatic N) is 4. The van der Waals surface area contributed by atoms with E-state index in [-0.39, 0.29) is 12.2 Å². The van der Waals surface area contributed by atoms with Crippen LogP contribution in [0.3, 0.4) is 0 Å². The summed E-state index contributed by atoms with van der Waals surface area (Å²) in [5.41, 5.74) is -0.847. The first kappa shape index (κ1) is 19.2. The first-order valence-corrected chi connectivity index (χ1v) is 8.72. The van der Waals surface area contributed by atoms with Gasteiger partial charge < -0.3 is 4.90 Å². The molecule has 0 saturated carbocycles. The van der Waals surface area contributed by atoms with Crippen LogP contribution >= 0.6 is 0 Å². The van der Waals surface area contributed by atoms with E-state index in [0.29, 0.717) is 17.8 Å². The van der Waals surface area contributed by atoms with Crippen LogP contribution in [0.25, 0.3) is 5.69 Å². The third-order valence-electron chi connectivity index (χ3n) is 4.34. The highest BCUT2D eigenvalue weighted by Crippen LogP contribution is 2.06. The molecule has 3 aromatic rings. The fraction of sp³-hybridized carbons (Fsp3) is 0.200. The fourth-order valence-electron chi connectivity index (χ4n) is 2.62. The van der Waals surface area contributed by atoms with Gasteiger partial charge in [-0.2, -0.15) is 9.78 Å².